The predicted molar refractivity (Wildman–Crippen MR) is 65.2 cm³/mol. The molecule has 0 aliphatic carbocycles. The third-order valence-electron chi connectivity index (χ3n) is 2.58. The highest BCUT2D eigenvalue weighted by molar-refractivity contribution is 5.55. The average molecular weight is 272 g/mol. The molecule has 2 rings (SSSR count). The molecular weight excluding hydrogens is 257 g/mol. The van der Waals surface area contributed by atoms with Crippen molar-refractivity contribution in [3.8, 4) is 6.07 Å². The summed E-state index contributed by atoms with van der Waals surface area (Å²) in [6.07, 6.45) is -0.484. The van der Waals surface area contributed by atoms with Crippen molar-refractivity contribution in [2.45, 2.75) is 25.4 Å². The minimum Gasteiger partial charge on any atom is -0.398 e. The van der Waals surface area contributed by atoms with Crippen LogP contribution in [-0.4, -0.2) is 13.2 Å². The fourth-order valence-electron chi connectivity index (χ4n) is 1.53. The molecule has 0 atom stereocenters. The van der Waals surface area contributed by atoms with Gasteiger partial charge in [-0.1, -0.05) is 0 Å². The highest BCUT2D eigenvalue weighted by Gasteiger charge is 2.30. The number of rotatable bonds is 0. The van der Waals surface area contributed by atoms with Crippen molar-refractivity contribution in [3.63, 3.8) is 0 Å². The Hall–Kier alpha value is -1.74. The van der Waals surface area contributed by atoms with Gasteiger partial charge >= 0.3 is 6.18 Å². The van der Waals surface area contributed by atoms with E-state index in [1.54, 1.807) is 6.07 Å². The largest absolute Gasteiger partial charge is 0.416 e. The van der Waals surface area contributed by atoms with Crippen molar-refractivity contribution in [1.82, 2.24) is 0 Å². The number of benzene rings is 1. The van der Waals surface area contributed by atoms with Crippen molar-refractivity contribution in [2.75, 3.05) is 18.9 Å². The normalized spacial score (nSPS) is 15.1. The summed E-state index contributed by atoms with van der Waals surface area (Å²) in [7, 11) is 0. The van der Waals surface area contributed by atoms with Gasteiger partial charge in [-0.25, -0.2) is 0 Å². The van der Waals surface area contributed by atoms with Gasteiger partial charge in [-0.3, -0.25) is 0 Å². The van der Waals surface area contributed by atoms with Crippen molar-refractivity contribution in [3.05, 3.63) is 29.3 Å². The number of ether oxygens (including phenoxy) is 1. The number of nitrogens with two attached hydrogens (primary N) is 1. The Morgan fingerprint density at radius 1 is 1.16 bits per heavy atom. The Bertz CT molecular complexity index is 437. The third-order valence-corrected chi connectivity index (χ3v) is 2.58. The van der Waals surface area contributed by atoms with E-state index in [2.05, 4.69) is 0 Å². The van der Waals surface area contributed by atoms with Crippen LogP contribution < -0.4 is 5.73 Å². The Morgan fingerprint density at radius 3 is 2.11 bits per heavy atom. The molecule has 1 aliphatic rings. The summed E-state index contributed by atoms with van der Waals surface area (Å²) in [5.74, 6) is 0. The molecule has 1 heterocycles. The van der Waals surface area contributed by atoms with Crippen LogP contribution in [0.25, 0.3) is 0 Å². The molecule has 0 saturated carbocycles. The molecule has 1 aliphatic heterocycles. The molecule has 104 valence electrons. The molecule has 0 amide bonds. The number of hydrogen-bond donors (Lipinski definition) is 1. The zero-order valence-corrected chi connectivity index (χ0v) is 10.3. The average Bonchev–Trinajstić information content (AvgIpc) is 2.40. The molecule has 0 bridgehead atoms. The van der Waals surface area contributed by atoms with E-state index in [9.17, 15) is 13.2 Å². The molecule has 1 aromatic carbocycles. The van der Waals surface area contributed by atoms with Gasteiger partial charge in [0.2, 0.25) is 0 Å². The van der Waals surface area contributed by atoms with E-state index in [-0.39, 0.29) is 11.3 Å². The molecule has 2 N–H and O–H groups in total. The summed E-state index contributed by atoms with van der Waals surface area (Å²) in [6.45, 7) is 2.00. The van der Waals surface area contributed by atoms with Crippen molar-refractivity contribution >= 4 is 5.69 Å². The summed E-state index contributed by atoms with van der Waals surface area (Å²) < 4.78 is 41.3. The van der Waals surface area contributed by atoms with Gasteiger partial charge in [-0.15, -0.1) is 0 Å². The van der Waals surface area contributed by atoms with Gasteiger partial charge in [0.1, 0.15) is 6.07 Å². The van der Waals surface area contributed by atoms with Crippen LogP contribution in [0.5, 0.6) is 0 Å². The quantitative estimate of drug-likeness (QED) is 0.737. The molecule has 1 saturated heterocycles. The van der Waals surface area contributed by atoms with Crippen LogP contribution >= 0.6 is 0 Å². The molecule has 0 radical (unpaired) electrons. The van der Waals surface area contributed by atoms with Gasteiger partial charge in [0.05, 0.1) is 16.8 Å². The molecule has 0 aromatic heterocycles. The van der Waals surface area contributed by atoms with E-state index in [0.29, 0.717) is 0 Å². The number of anilines is 1. The fourth-order valence-corrected chi connectivity index (χ4v) is 1.53. The van der Waals surface area contributed by atoms with Crippen molar-refractivity contribution in [2.24, 2.45) is 0 Å². The van der Waals surface area contributed by atoms with Crippen LogP contribution in [0.15, 0.2) is 18.2 Å². The second-order valence-corrected chi connectivity index (χ2v) is 4.08. The highest BCUT2D eigenvalue weighted by atomic mass is 19.4. The lowest BCUT2D eigenvalue weighted by Gasteiger charge is -2.08. The molecule has 3 nitrogen and oxygen atoms in total. The predicted octanol–water partition coefficient (Wildman–Crippen LogP) is 3.35. The van der Waals surface area contributed by atoms with E-state index >= 15 is 0 Å². The summed E-state index contributed by atoms with van der Waals surface area (Å²) in [5, 5.41) is 8.40. The van der Waals surface area contributed by atoms with Gasteiger partial charge in [-0.2, -0.15) is 18.4 Å². The highest BCUT2D eigenvalue weighted by Crippen LogP contribution is 2.30. The fraction of sp³-hybridized carbons (Fsp3) is 0.462. The zero-order valence-electron chi connectivity index (χ0n) is 10.3. The van der Waals surface area contributed by atoms with Crippen LogP contribution in [0.4, 0.5) is 18.9 Å². The molecule has 1 fully saturated rings. The van der Waals surface area contributed by atoms with E-state index in [1.165, 1.54) is 19.3 Å². The summed E-state index contributed by atoms with van der Waals surface area (Å²) >= 11 is 0. The number of alkyl halides is 3. The standard InChI is InChI=1S/C8H5F3N2.C5H10O/c9-8(10,11)6-2-1-5(4-12)7(13)3-6;1-2-4-6-5-3-1/h1-3H,13H2;1-5H2. The smallest absolute Gasteiger partial charge is 0.398 e. The molecule has 6 heteroatoms. The maximum Gasteiger partial charge on any atom is 0.416 e. The second kappa shape index (κ2) is 7.00. The van der Waals surface area contributed by atoms with Crippen LogP contribution in [0.3, 0.4) is 0 Å². The van der Waals surface area contributed by atoms with Gasteiger partial charge in [0, 0.05) is 13.2 Å². The third kappa shape index (κ3) is 5.18. The van der Waals surface area contributed by atoms with E-state index < -0.39 is 11.7 Å². The van der Waals surface area contributed by atoms with Gasteiger partial charge in [0.25, 0.3) is 0 Å². The lowest BCUT2D eigenvalue weighted by Crippen LogP contribution is -2.06. The van der Waals surface area contributed by atoms with Crippen LogP contribution in [-0.2, 0) is 10.9 Å². The van der Waals surface area contributed by atoms with Gasteiger partial charge < -0.3 is 10.5 Å². The monoisotopic (exact) mass is 272 g/mol. The number of halogens is 3. The molecule has 19 heavy (non-hydrogen) atoms. The molecule has 1 aromatic rings. The molecule has 0 unspecified atom stereocenters. The Labute approximate surface area is 109 Å². The van der Waals surface area contributed by atoms with Crippen molar-refractivity contribution in [1.29, 1.82) is 5.26 Å². The molecule has 0 spiro atoms. The summed E-state index contributed by atoms with van der Waals surface area (Å²) in [4.78, 5) is 0. The van der Waals surface area contributed by atoms with Gasteiger partial charge in [-0.05, 0) is 37.5 Å². The lowest BCUT2D eigenvalue weighted by atomic mass is 10.1. The first-order valence-electron chi connectivity index (χ1n) is 5.89. The number of nitrogens with zero attached hydrogens (tertiary/aromatic N) is 1. The number of nitriles is 1. The zero-order chi connectivity index (χ0) is 14.3. The lowest BCUT2D eigenvalue weighted by molar-refractivity contribution is -0.137. The first-order valence-corrected chi connectivity index (χ1v) is 5.89. The minimum atomic E-state index is -4.41. The Morgan fingerprint density at radius 2 is 1.79 bits per heavy atom. The topological polar surface area (TPSA) is 59.0 Å². The molecular formula is C13H15F3N2O. The first-order chi connectivity index (χ1) is 8.95. The Kier molecular flexibility index (Phi) is 5.64. The maximum atomic E-state index is 12.1. The summed E-state index contributed by atoms with van der Waals surface area (Å²) in [5.41, 5.74) is 4.26. The van der Waals surface area contributed by atoms with Crippen molar-refractivity contribution < 1.29 is 17.9 Å². The van der Waals surface area contributed by atoms with E-state index in [0.717, 1.165) is 31.4 Å². The van der Waals surface area contributed by atoms with Crippen LogP contribution in [0, 0.1) is 11.3 Å². The van der Waals surface area contributed by atoms with Gasteiger partial charge in [0.15, 0.2) is 0 Å². The summed E-state index contributed by atoms with van der Waals surface area (Å²) in [6, 6.07) is 4.31. The maximum absolute atomic E-state index is 12.1. The van der Waals surface area contributed by atoms with Crippen LogP contribution in [0.1, 0.15) is 30.4 Å². The first kappa shape index (κ1) is 15.3. The van der Waals surface area contributed by atoms with E-state index in [1.807, 2.05) is 0 Å². The Balaban J connectivity index is 0.000000250. The van der Waals surface area contributed by atoms with Crippen LogP contribution in [0.2, 0.25) is 0 Å². The number of hydrogen-bond acceptors (Lipinski definition) is 3. The van der Waals surface area contributed by atoms with E-state index in [4.69, 9.17) is 15.7 Å². The number of nitrogen functional groups attached to an aromatic ring is 1. The second-order valence-electron chi connectivity index (χ2n) is 4.08. The minimum absolute atomic E-state index is 0.0491. The SMILES string of the molecule is C1CCOCC1.N#Cc1ccc(C(F)(F)F)cc1N.